The van der Waals surface area contributed by atoms with Gasteiger partial charge in [-0.05, 0) is 30.0 Å². The predicted octanol–water partition coefficient (Wildman–Crippen LogP) is 2.38. The van der Waals surface area contributed by atoms with Gasteiger partial charge in [0.15, 0.2) is 0 Å². The molecular formula is C14H19NO3. The number of benzene rings is 1. The molecule has 2 N–H and O–H groups in total. The van der Waals surface area contributed by atoms with Crippen LogP contribution in [-0.2, 0) is 16.6 Å². The van der Waals surface area contributed by atoms with Crippen molar-refractivity contribution in [3.05, 3.63) is 29.3 Å². The molecule has 0 fully saturated rings. The first-order valence-electron chi connectivity index (χ1n) is 6.09. The number of amides is 1. The number of hydrogen-bond acceptors (Lipinski definition) is 3. The first kappa shape index (κ1) is 12.7. The van der Waals surface area contributed by atoms with Crippen LogP contribution in [0.4, 0.5) is 4.79 Å². The summed E-state index contributed by atoms with van der Waals surface area (Å²) in [7, 11) is 1.68. The van der Waals surface area contributed by atoms with Crippen molar-refractivity contribution in [3.63, 3.8) is 0 Å². The zero-order chi connectivity index (χ0) is 13.3. The van der Waals surface area contributed by atoms with Crippen LogP contribution >= 0.6 is 0 Å². The molecule has 1 atom stereocenters. The van der Waals surface area contributed by atoms with E-state index in [2.05, 4.69) is 19.9 Å². The van der Waals surface area contributed by atoms with Crippen molar-refractivity contribution < 1.29 is 14.3 Å². The SMILES string of the molecule is COc1cccc2c1CC[C@@H](OC(N)=O)C2(C)C. The maximum atomic E-state index is 11.0. The summed E-state index contributed by atoms with van der Waals surface area (Å²) >= 11 is 0. The maximum Gasteiger partial charge on any atom is 0.404 e. The molecule has 4 heteroatoms. The third-order valence-corrected chi connectivity index (χ3v) is 3.77. The largest absolute Gasteiger partial charge is 0.496 e. The van der Waals surface area contributed by atoms with Crippen LogP contribution in [0.1, 0.15) is 31.4 Å². The van der Waals surface area contributed by atoms with E-state index in [4.69, 9.17) is 15.2 Å². The van der Waals surface area contributed by atoms with E-state index in [1.165, 1.54) is 11.1 Å². The van der Waals surface area contributed by atoms with Crippen LogP contribution in [0.3, 0.4) is 0 Å². The number of rotatable bonds is 2. The molecule has 0 spiro atoms. The lowest BCUT2D eigenvalue weighted by atomic mass is 9.70. The van der Waals surface area contributed by atoms with Gasteiger partial charge < -0.3 is 15.2 Å². The lowest BCUT2D eigenvalue weighted by molar-refractivity contribution is 0.0511. The Kier molecular flexibility index (Phi) is 3.20. The molecule has 1 aromatic rings. The molecule has 1 amide bonds. The second-order valence-electron chi connectivity index (χ2n) is 5.17. The first-order chi connectivity index (χ1) is 8.46. The number of nitrogens with two attached hydrogens (primary N) is 1. The highest BCUT2D eigenvalue weighted by atomic mass is 16.6. The zero-order valence-electron chi connectivity index (χ0n) is 11.0. The molecule has 0 unspecified atom stereocenters. The zero-order valence-corrected chi connectivity index (χ0v) is 11.0. The Hall–Kier alpha value is -1.71. The van der Waals surface area contributed by atoms with Crippen LogP contribution < -0.4 is 10.5 Å². The Morgan fingerprint density at radius 1 is 1.44 bits per heavy atom. The van der Waals surface area contributed by atoms with Crippen LogP contribution in [-0.4, -0.2) is 19.3 Å². The fourth-order valence-corrected chi connectivity index (χ4v) is 2.77. The maximum absolute atomic E-state index is 11.0. The summed E-state index contributed by atoms with van der Waals surface area (Å²) in [6.07, 6.45) is 0.707. The van der Waals surface area contributed by atoms with E-state index in [1.54, 1.807) is 7.11 Å². The highest BCUT2D eigenvalue weighted by molar-refractivity contribution is 5.65. The topological polar surface area (TPSA) is 61.6 Å². The van der Waals surface area contributed by atoms with Crippen LogP contribution in [0.2, 0.25) is 0 Å². The minimum absolute atomic E-state index is 0.186. The number of primary amides is 1. The van der Waals surface area contributed by atoms with Crippen LogP contribution in [0, 0.1) is 0 Å². The number of carbonyl (C=O) groups excluding carboxylic acids is 1. The number of fused-ring (bicyclic) bond motifs is 1. The fourth-order valence-electron chi connectivity index (χ4n) is 2.77. The third kappa shape index (κ3) is 2.03. The molecule has 0 saturated heterocycles. The average molecular weight is 249 g/mol. The van der Waals surface area contributed by atoms with E-state index in [0.29, 0.717) is 0 Å². The molecule has 0 aliphatic heterocycles. The van der Waals surface area contributed by atoms with Gasteiger partial charge in [0.2, 0.25) is 0 Å². The van der Waals surface area contributed by atoms with Crippen LogP contribution in [0.25, 0.3) is 0 Å². The van der Waals surface area contributed by atoms with Gasteiger partial charge in [0.1, 0.15) is 11.9 Å². The van der Waals surface area contributed by atoms with Crippen molar-refractivity contribution >= 4 is 6.09 Å². The van der Waals surface area contributed by atoms with Gasteiger partial charge in [-0.3, -0.25) is 0 Å². The Labute approximate surface area is 107 Å². The molecule has 4 nitrogen and oxygen atoms in total. The Balaban J connectivity index is 2.42. The minimum Gasteiger partial charge on any atom is -0.496 e. The molecule has 18 heavy (non-hydrogen) atoms. The molecule has 1 aliphatic carbocycles. The van der Waals surface area contributed by atoms with Crippen molar-refractivity contribution in [2.45, 2.75) is 38.2 Å². The number of methoxy groups -OCH3 is 1. The summed E-state index contributed by atoms with van der Waals surface area (Å²) in [4.78, 5) is 11.0. The van der Waals surface area contributed by atoms with Crippen molar-refractivity contribution in [1.29, 1.82) is 0 Å². The van der Waals surface area contributed by atoms with Gasteiger partial charge in [0.25, 0.3) is 0 Å². The van der Waals surface area contributed by atoms with E-state index in [-0.39, 0.29) is 11.5 Å². The highest BCUT2D eigenvalue weighted by Crippen LogP contribution is 2.41. The lowest BCUT2D eigenvalue weighted by Gasteiger charge is -2.39. The van der Waals surface area contributed by atoms with E-state index >= 15 is 0 Å². The van der Waals surface area contributed by atoms with Gasteiger partial charge in [-0.15, -0.1) is 0 Å². The van der Waals surface area contributed by atoms with E-state index in [9.17, 15) is 4.79 Å². The normalized spacial score (nSPS) is 20.9. The van der Waals surface area contributed by atoms with Crippen molar-refractivity contribution in [2.75, 3.05) is 7.11 Å². The number of hydrogen-bond donors (Lipinski definition) is 1. The number of ether oxygens (including phenoxy) is 2. The molecule has 98 valence electrons. The second-order valence-corrected chi connectivity index (χ2v) is 5.17. The lowest BCUT2D eigenvalue weighted by Crippen LogP contribution is -2.42. The van der Waals surface area contributed by atoms with E-state index < -0.39 is 6.09 Å². The summed E-state index contributed by atoms with van der Waals surface area (Å²) in [6.45, 7) is 4.14. The Morgan fingerprint density at radius 2 is 2.17 bits per heavy atom. The summed E-state index contributed by atoms with van der Waals surface area (Å²) in [5, 5.41) is 0. The molecule has 2 rings (SSSR count). The predicted molar refractivity (Wildman–Crippen MR) is 68.8 cm³/mol. The van der Waals surface area contributed by atoms with Gasteiger partial charge >= 0.3 is 6.09 Å². The van der Waals surface area contributed by atoms with Crippen molar-refractivity contribution in [3.8, 4) is 5.75 Å². The number of carbonyl (C=O) groups is 1. The van der Waals surface area contributed by atoms with Gasteiger partial charge in [0.05, 0.1) is 7.11 Å². The summed E-state index contributed by atoms with van der Waals surface area (Å²) < 4.78 is 10.6. The van der Waals surface area contributed by atoms with Crippen molar-refractivity contribution in [1.82, 2.24) is 0 Å². The van der Waals surface area contributed by atoms with Crippen molar-refractivity contribution in [2.24, 2.45) is 5.73 Å². The van der Waals surface area contributed by atoms with Gasteiger partial charge in [0, 0.05) is 5.41 Å². The molecule has 0 saturated carbocycles. The molecule has 0 aromatic heterocycles. The molecule has 0 heterocycles. The monoisotopic (exact) mass is 249 g/mol. The Morgan fingerprint density at radius 3 is 2.78 bits per heavy atom. The summed E-state index contributed by atoms with van der Waals surface area (Å²) in [5.74, 6) is 0.901. The highest BCUT2D eigenvalue weighted by Gasteiger charge is 2.39. The average Bonchev–Trinajstić information content (AvgIpc) is 2.32. The molecule has 0 radical (unpaired) electrons. The third-order valence-electron chi connectivity index (χ3n) is 3.77. The van der Waals surface area contributed by atoms with Gasteiger partial charge in [-0.2, -0.15) is 0 Å². The molecule has 1 aromatic carbocycles. The smallest absolute Gasteiger partial charge is 0.404 e. The quantitative estimate of drug-likeness (QED) is 0.875. The summed E-state index contributed by atoms with van der Waals surface area (Å²) in [5.41, 5.74) is 7.25. The molecular weight excluding hydrogens is 230 g/mol. The van der Waals surface area contributed by atoms with E-state index in [1.807, 2.05) is 12.1 Å². The second kappa shape index (κ2) is 4.52. The Bertz CT molecular complexity index is 468. The standard InChI is InChI=1S/C14H19NO3/c1-14(2)10-5-4-6-11(17-3)9(10)7-8-12(14)18-13(15)16/h4-6,12H,7-8H2,1-3H3,(H2,15,16)/t12-/m1/s1. The minimum atomic E-state index is -0.709. The summed E-state index contributed by atoms with van der Waals surface area (Å²) in [6, 6.07) is 5.99. The first-order valence-corrected chi connectivity index (χ1v) is 6.09. The fraction of sp³-hybridized carbons (Fsp3) is 0.500. The molecule has 1 aliphatic rings. The van der Waals surface area contributed by atoms with Crippen LogP contribution in [0.5, 0.6) is 5.75 Å². The van der Waals surface area contributed by atoms with Crippen LogP contribution in [0.15, 0.2) is 18.2 Å². The van der Waals surface area contributed by atoms with Gasteiger partial charge in [-0.1, -0.05) is 26.0 Å². The molecule has 0 bridgehead atoms. The van der Waals surface area contributed by atoms with E-state index in [0.717, 1.165) is 18.6 Å². The van der Waals surface area contributed by atoms with Gasteiger partial charge in [-0.25, -0.2) is 4.79 Å².